The van der Waals surface area contributed by atoms with Crippen LogP contribution >= 0.6 is 0 Å². The van der Waals surface area contributed by atoms with E-state index < -0.39 is 0 Å². The fourth-order valence-electron chi connectivity index (χ4n) is 2.41. The van der Waals surface area contributed by atoms with E-state index in [9.17, 15) is 0 Å². The zero-order chi connectivity index (χ0) is 11.2. The van der Waals surface area contributed by atoms with Crippen molar-refractivity contribution < 1.29 is 0 Å². The highest BCUT2D eigenvalue weighted by Gasteiger charge is 2.16. The van der Waals surface area contributed by atoms with Crippen LogP contribution in [-0.4, -0.2) is 17.0 Å². The summed E-state index contributed by atoms with van der Waals surface area (Å²) in [6.45, 7) is 0.852. The summed E-state index contributed by atoms with van der Waals surface area (Å²) >= 11 is 0. The lowest BCUT2D eigenvalue weighted by Crippen LogP contribution is -2.08. The Balaban J connectivity index is 2.01. The van der Waals surface area contributed by atoms with Crippen molar-refractivity contribution in [1.29, 1.82) is 0 Å². The molecule has 0 atom stereocenters. The average Bonchev–Trinajstić information content (AvgIpc) is 2.59. The Kier molecular flexibility index (Phi) is 4.28. The molecule has 1 fully saturated rings. The number of rotatable bonds is 3. The Labute approximate surface area is 97.7 Å². The number of aromatic nitrogens is 2. The van der Waals surface area contributed by atoms with E-state index in [2.05, 4.69) is 15.3 Å². The van der Waals surface area contributed by atoms with E-state index in [1.165, 1.54) is 44.1 Å². The van der Waals surface area contributed by atoms with Crippen LogP contribution in [0.4, 0.5) is 0 Å². The van der Waals surface area contributed by atoms with E-state index >= 15 is 0 Å². The molecule has 0 amide bonds. The zero-order valence-electron chi connectivity index (χ0n) is 10.1. The summed E-state index contributed by atoms with van der Waals surface area (Å²) in [6.07, 6.45) is 11.9. The topological polar surface area (TPSA) is 37.8 Å². The molecule has 0 radical (unpaired) electrons. The maximum atomic E-state index is 4.51. The normalized spacial score (nSPS) is 18.3. The number of nitrogens with zero attached hydrogens (tertiary/aromatic N) is 2. The molecule has 16 heavy (non-hydrogen) atoms. The van der Waals surface area contributed by atoms with Crippen LogP contribution in [0.3, 0.4) is 0 Å². The second-order valence-corrected chi connectivity index (χ2v) is 4.67. The monoisotopic (exact) mass is 219 g/mol. The van der Waals surface area contributed by atoms with Gasteiger partial charge in [-0.15, -0.1) is 0 Å². The Morgan fingerprint density at radius 1 is 1.12 bits per heavy atom. The van der Waals surface area contributed by atoms with Crippen molar-refractivity contribution in [2.45, 2.75) is 51.0 Å². The van der Waals surface area contributed by atoms with E-state index in [0.29, 0.717) is 5.92 Å². The second-order valence-electron chi connectivity index (χ2n) is 4.67. The maximum absolute atomic E-state index is 4.51. The van der Waals surface area contributed by atoms with Gasteiger partial charge in [-0.3, -0.25) is 0 Å². The van der Waals surface area contributed by atoms with E-state index in [0.717, 1.165) is 12.4 Å². The summed E-state index contributed by atoms with van der Waals surface area (Å²) < 4.78 is 0. The van der Waals surface area contributed by atoms with Crippen molar-refractivity contribution in [2.24, 2.45) is 0 Å². The quantitative estimate of drug-likeness (QED) is 0.794. The van der Waals surface area contributed by atoms with E-state index in [-0.39, 0.29) is 0 Å². The lowest BCUT2D eigenvalue weighted by atomic mass is 9.99. The molecule has 0 saturated heterocycles. The van der Waals surface area contributed by atoms with E-state index in [4.69, 9.17) is 0 Å². The lowest BCUT2D eigenvalue weighted by Gasteiger charge is -2.12. The largest absolute Gasteiger partial charge is 0.316 e. The molecule has 1 aliphatic rings. The third kappa shape index (κ3) is 3.01. The molecular formula is C13H21N3. The molecule has 1 aromatic rings. The molecule has 0 bridgehead atoms. The SMILES string of the molecule is CNCc1cnc(C2CCCCCC2)nc1. The van der Waals surface area contributed by atoms with Crippen LogP contribution in [0.2, 0.25) is 0 Å². The van der Waals surface area contributed by atoms with Gasteiger partial charge in [0.1, 0.15) is 5.82 Å². The molecule has 3 nitrogen and oxygen atoms in total. The van der Waals surface area contributed by atoms with Crippen molar-refractivity contribution in [3.8, 4) is 0 Å². The van der Waals surface area contributed by atoms with Crippen molar-refractivity contribution in [2.75, 3.05) is 7.05 Å². The first-order valence-electron chi connectivity index (χ1n) is 6.35. The highest BCUT2D eigenvalue weighted by Crippen LogP contribution is 2.29. The van der Waals surface area contributed by atoms with Crippen LogP contribution < -0.4 is 5.32 Å². The van der Waals surface area contributed by atoms with Crippen LogP contribution in [0.5, 0.6) is 0 Å². The molecule has 1 aliphatic carbocycles. The van der Waals surface area contributed by atoms with Gasteiger partial charge in [0.25, 0.3) is 0 Å². The van der Waals surface area contributed by atoms with Gasteiger partial charge in [-0.05, 0) is 19.9 Å². The van der Waals surface area contributed by atoms with Gasteiger partial charge in [-0.2, -0.15) is 0 Å². The first kappa shape index (κ1) is 11.5. The number of nitrogens with one attached hydrogen (secondary N) is 1. The third-order valence-corrected chi connectivity index (χ3v) is 3.33. The van der Waals surface area contributed by atoms with Crippen molar-refractivity contribution >= 4 is 0 Å². The maximum Gasteiger partial charge on any atom is 0.131 e. The molecule has 0 spiro atoms. The van der Waals surface area contributed by atoms with Gasteiger partial charge in [-0.1, -0.05) is 25.7 Å². The molecule has 0 aliphatic heterocycles. The van der Waals surface area contributed by atoms with Crippen LogP contribution in [0.1, 0.15) is 55.8 Å². The molecule has 2 rings (SSSR count). The minimum Gasteiger partial charge on any atom is -0.316 e. The molecule has 1 saturated carbocycles. The van der Waals surface area contributed by atoms with Crippen molar-refractivity contribution in [3.05, 3.63) is 23.8 Å². The third-order valence-electron chi connectivity index (χ3n) is 3.33. The molecule has 1 aromatic heterocycles. The fraction of sp³-hybridized carbons (Fsp3) is 0.692. The molecular weight excluding hydrogens is 198 g/mol. The summed E-state index contributed by atoms with van der Waals surface area (Å²) in [6, 6.07) is 0. The smallest absolute Gasteiger partial charge is 0.131 e. The average molecular weight is 219 g/mol. The molecule has 1 heterocycles. The summed E-state index contributed by atoms with van der Waals surface area (Å²) in [5.74, 6) is 1.66. The highest BCUT2D eigenvalue weighted by atomic mass is 14.9. The van der Waals surface area contributed by atoms with E-state index in [1.54, 1.807) is 0 Å². The lowest BCUT2D eigenvalue weighted by molar-refractivity contribution is 0.559. The summed E-state index contributed by atoms with van der Waals surface area (Å²) in [5, 5.41) is 3.11. The van der Waals surface area contributed by atoms with Crippen LogP contribution in [-0.2, 0) is 6.54 Å². The van der Waals surface area contributed by atoms with Gasteiger partial charge in [0.15, 0.2) is 0 Å². The van der Waals surface area contributed by atoms with Crippen LogP contribution in [0.15, 0.2) is 12.4 Å². The number of hydrogen-bond acceptors (Lipinski definition) is 3. The van der Waals surface area contributed by atoms with Gasteiger partial charge in [-0.25, -0.2) is 9.97 Å². The predicted molar refractivity (Wildman–Crippen MR) is 65.2 cm³/mol. The Morgan fingerprint density at radius 3 is 2.31 bits per heavy atom. The zero-order valence-corrected chi connectivity index (χ0v) is 10.1. The Bertz CT molecular complexity index is 299. The minimum absolute atomic E-state index is 0.603. The predicted octanol–water partition coefficient (Wildman–Crippen LogP) is 2.63. The first-order chi connectivity index (χ1) is 7.90. The van der Waals surface area contributed by atoms with Gasteiger partial charge in [0.05, 0.1) is 0 Å². The second kappa shape index (κ2) is 5.94. The van der Waals surface area contributed by atoms with E-state index in [1.807, 2.05) is 19.4 Å². The summed E-state index contributed by atoms with van der Waals surface area (Å²) in [7, 11) is 1.94. The van der Waals surface area contributed by atoms with Gasteiger partial charge in [0.2, 0.25) is 0 Å². The van der Waals surface area contributed by atoms with Gasteiger partial charge in [0, 0.05) is 30.4 Å². The van der Waals surface area contributed by atoms with Gasteiger partial charge < -0.3 is 5.32 Å². The summed E-state index contributed by atoms with van der Waals surface area (Å²) in [5.41, 5.74) is 1.17. The highest BCUT2D eigenvalue weighted by molar-refractivity contribution is 5.07. The summed E-state index contributed by atoms with van der Waals surface area (Å²) in [4.78, 5) is 9.02. The molecule has 3 heteroatoms. The molecule has 88 valence electrons. The molecule has 1 N–H and O–H groups in total. The van der Waals surface area contributed by atoms with Crippen LogP contribution in [0, 0.1) is 0 Å². The molecule has 0 unspecified atom stereocenters. The Morgan fingerprint density at radius 2 is 1.75 bits per heavy atom. The van der Waals surface area contributed by atoms with Crippen molar-refractivity contribution in [3.63, 3.8) is 0 Å². The minimum atomic E-state index is 0.603. The standard InChI is InChI=1S/C13H21N3/c1-14-8-11-9-15-13(16-10-11)12-6-4-2-3-5-7-12/h9-10,12,14H,2-8H2,1H3. The van der Waals surface area contributed by atoms with Crippen molar-refractivity contribution in [1.82, 2.24) is 15.3 Å². The molecule has 0 aromatic carbocycles. The number of hydrogen-bond donors (Lipinski definition) is 1. The Hall–Kier alpha value is -0.960. The van der Waals surface area contributed by atoms with Crippen LogP contribution in [0.25, 0.3) is 0 Å². The fourth-order valence-corrected chi connectivity index (χ4v) is 2.41. The first-order valence-corrected chi connectivity index (χ1v) is 6.35. The van der Waals surface area contributed by atoms with Gasteiger partial charge >= 0.3 is 0 Å².